The van der Waals surface area contributed by atoms with Crippen LogP contribution in [0.25, 0.3) is 0 Å². The summed E-state index contributed by atoms with van der Waals surface area (Å²) in [5, 5.41) is 5.64. The second-order valence-electron chi connectivity index (χ2n) is 4.10. The maximum absolute atomic E-state index is 5.36. The average molecular weight is 226 g/mol. The first-order valence-corrected chi connectivity index (χ1v) is 6.49. The summed E-state index contributed by atoms with van der Waals surface area (Å²) in [5.74, 6) is 0.761. The van der Waals surface area contributed by atoms with Gasteiger partial charge in [-0.1, -0.05) is 0 Å². The predicted octanol–water partition coefficient (Wildman–Crippen LogP) is 2.05. The zero-order chi connectivity index (χ0) is 10.5. The lowest BCUT2D eigenvalue weighted by Crippen LogP contribution is -2.36. The van der Waals surface area contributed by atoms with E-state index >= 15 is 0 Å². The standard InChI is InChI=1S/C11H18N2OS/c1-9(10-2-4-14-5-3-10)12-6-11-7-15-8-13-11/h7-10,12H,2-6H2,1H3. The summed E-state index contributed by atoms with van der Waals surface area (Å²) in [7, 11) is 0. The van der Waals surface area contributed by atoms with Crippen LogP contribution in [0, 0.1) is 5.92 Å². The van der Waals surface area contributed by atoms with Crippen molar-refractivity contribution in [3.8, 4) is 0 Å². The fourth-order valence-electron chi connectivity index (χ4n) is 1.97. The van der Waals surface area contributed by atoms with Crippen molar-refractivity contribution in [1.82, 2.24) is 10.3 Å². The lowest BCUT2D eigenvalue weighted by atomic mass is 9.93. The number of ether oxygens (including phenoxy) is 1. The van der Waals surface area contributed by atoms with Crippen LogP contribution >= 0.6 is 11.3 Å². The summed E-state index contributed by atoms with van der Waals surface area (Å²) in [6, 6.07) is 0.565. The molecule has 0 aromatic carbocycles. The molecule has 0 spiro atoms. The van der Waals surface area contributed by atoms with Gasteiger partial charge >= 0.3 is 0 Å². The number of aromatic nitrogens is 1. The van der Waals surface area contributed by atoms with Gasteiger partial charge < -0.3 is 10.1 Å². The first kappa shape index (κ1) is 11.0. The van der Waals surface area contributed by atoms with Crippen LogP contribution in [0.1, 0.15) is 25.5 Å². The van der Waals surface area contributed by atoms with Gasteiger partial charge in [-0.25, -0.2) is 4.98 Å². The summed E-state index contributed by atoms with van der Waals surface area (Å²) in [6.07, 6.45) is 2.37. The van der Waals surface area contributed by atoms with E-state index < -0.39 is 0 Å². The topological polar surface area (TPSA) is 34.2 Å². The second kappa shape index (κ2) is 5.58. The number of nitrogens with one attached hydrogen (secondary N) is 1. The highest BCUT2D eigenvalue weighted by Crippen LogP contribution is 2.18. The molecule has 84 valence electrons. The molecule has 0 radical (unpaired) electrons. The molecule has 1 N–H and O–H groups in total. The molecule has 3 nitrogen and oxygen atoms in total. The maximum atomic E-state index is 5.36. The smallest absolute Gasteiger partial charge is 0.0795 e. The van der Waals surface area contributed by atoms with E-state index in [1.807, 2.05) is 5.51 Å². The molecule has 1 aliphatic rings. The Bertz CT molecular complexity index is 270. The Balaban J connectivity index is 1.74. The van der Waals surface area contributed by atoms with Gasteiger partial charge in [0.1, 0.15) is 0 Å². The monoisotopic (exact) mass is 226 g/mol. The van der Waals surface area contributed by atoms with Crippen molar-refractivity contribution in [2.75, 3.05) is 13.2 Å². The fourth-order valence-corrected chi connectivity index (χ4v) is 2.53. The molecule has 1 atom stereocenters. The van der Waals surface area contributed by atoms with Crippen LogP contribution in [-0.2, 0) is 11.3 Å². The van der Waals surface area contributed by atoms with E-state index in [4.69, 9.17) is 4.74 Å². The molecule has 1 aliphatic heterocycles. The van der Waals surface area contributed by atoms with Crippen molar-refractivity contribution >= 4 is 11.3 Å². The molecule has 4 heteroatoms. The summed E-state index contributed by atoms with van der Waals surface area (Å²) in [5.41, 5.74) is 3.04. The van der Waals surface area contributed by atoms with Gasteiger partial charge in [-0.05, 0) is 25.7 Å². The molecule has 1 saturated heterocycles. The minimum atomic E-state index is 0.565. The van der Waals surface area contributed by atoms with Crippen LogP contribution in [-0.4, -0.2) is 24.2 Å². The summed E-state index contributed by atoms with van der Waals surface area (Å²) < 4.78 is 5.36. The van der Waals surface area contributed by atoms with Gasteiger partial charge in [0.05, 0.1) is 11.2 Å². The number of thiazole rings is 1. The van der Waals surface area contributed by atoms with E-state index in [-0.39, 0.29) is 0 Å². The Morgan fingerprint density at radius 1 is 1.60 bits per heavy atom. The Morgan fingerprint density at radius 3 is 3.07 bits per heavy atom. The van der Waals surface area contributed by atoms with E-state index in [2.05, 4.69) is 22.6 Å². The molecule has 15 heavy (non-hydrogen) atoms. The van der Waals surface area contributed by atoms with Crippen LogP contribution in [0.2, 0.25) is 0 Å². The quantitative estimate of drug-likeness (QED) is 0.853. The van der Waals surface area contributed by atoms with Gasteiger partial charge in [-0.3, -0.25) is 0 Å². The third-order valence-electron chi connectivity index (χ3n) is 3.06. The van der Waals surface area contributed by atoms with E-state index in [0.29, 0.717) is 6.04 Å². The molecule has 0 bridgehead atoms. The minimum Gasteiger partial charge on any atom is -0.381 e. The second-order valence-corrected chi connectivity index (χ2v) is 4.82. The Kier molecular flexibility index (Phi) is 4.11. The van der Waals surface area contributed by atoms with Gasteiger partial charge in [0.25, 0.3) is 0 Å². The third kappa shape index (κ3) is 3.26. The van der Waals surface area contributed by atoms with Gasteiger partial charge in [0, 0.05) is 31.2 Å². The first-order chi connectivity index (χ1) is 7.36. The summed E-state index contributed by atoms with van der Waals surface area (Å²) in [4.78, 5) is 4.26. The molecular formula is C11H18N2OS. The molecule has 1 unspecified atom stereocenters. The zero-order valence-electron chi connectivity index (χ0n) is 9.11. The van der Waals surface area contributed by atoms with Crippen molar-refractivity contribution in [1.29, 1.82) is 0 Å². The number of rotatable bonds is 4. The molecule has 0 amide bonds. The largest absolute Gasteiger partial charge is 0.381 e. The Morgan fingerprint density at radius 2 is 2.40 bits per heavy atom. The average Bonchev–Trinajstić information content (AvgIpc) is 2.80. The number of hydrogen-bond donors (Lipinski definition) is 1. The van der Waals surface area contributed by atoms with Crippen molar-refractivity contribution < 1.29 is 4.74 Å². The highest BCUT2D eigenvalue weighted by atomic mass is 32.1. The van der Waals surface area contributed by atoms with Crippen molar-refractivity contribution in [2.45, 2.75) is 32.4 Å². The van der Waals surface area contributed by atoms with Crippen molar-refractivity contribution in [3.63, 3.8) is 0 Å². The molecular weight excluding hydrogens is 208 g/mol. The van der Waals surface area contributed by atoms with Gasteiger partial charge in [-0.15, -0.1) is 11.3 Å². The minimum absolute atomic E-state index is 0.565. The van der Waals surface area contributed by atoms with Crippen LogP contribution in [0.4, 0.5) is 0 Å². The summed E-state index contributed by atoms with van der Waals surface area (Å²) in [6.45, 7) is 5.01. The molecule has 2 rings (SSSR count). The molecule has 1 aromatic heterocycles. The molecule has 0 saturated carbocycles. The normalized spacial score (nSPS) is 20.3. The number of nitrogens with zero attached hydrogens (tertiary/aromatic N) is 1. The van der Waals surface area contributed by atoms with Gasteiger partial charge in [0.2, 0.25) is 0 Å². The first-order valence-electron chi connectivity index (χ1n) is 5.54. The highest BCUT2D eigenvalue weighted by molar-refractivity contribution is 7.07. The summed E-state index contributed by atoms with van der Waals surface area (Å²) >= 11 is 1.66. The molecule has 1 fully saturated rings. The van der Waals surface area contributed by atoms with Crippen molar-refractivity contribution in [2.24, 2.45) is 5.92 Å². The van der Waals surface area contributed by atoms with E-state index in [9.17, 15) is 0 Å². The molecule has 1 aromatic rings. The van der Waals surface area contributed by atoms with E-state index in [1.165, 1.54) is 12.8 Å². The van der Waals surface area contributed by atoms with Crippen molar-refractivity contribution in [3.05, 3.63) is 16.6 Å². The lowest BCUT2D eigenvalue weighted by molar-refractivity contribution is 0.0557. The zero-order valence-corrected chi connectivity index (χ0v) is 9.93. The third-order valence-corrected chi connectivity index (χ3v) is 3.70. The molecule has 2 heterocycles. The SMILES string of the molecule is CC(NCc1cscn1)C1CCOCC1. The Hall–Kier alpha value is -0.450. The van der Waals surface area contributed by atoms with Gasteiger partial charge in [0.15, 0.2) is 0 Å². The van der Waals surface area contributed by atoms with Crippen LogP contribution in [0.5, 0.6) is 0 Å². The Labute approximate surface area is 94.9 Å². The lowest BCUT2D eigenvalue weighted by Gasteiger charge is -2.28. The van der Waals surface area contributed by atoms with E-state index in [1.54, 1.807) is 11.3 Å². The fraction of sp³-hybridized carbons (Fsp3) is 0.727. The van der Waals surface area contributed by atoms with Gasteiger partial charge in [-0.2, -0.15) is 0 Å². The van der Waals surface area contributed by atoms with Crippen LogP contribution in [0.3, 0.4) is 0 Å². The molecule has 0 aliphatic carbocycles. The van der Waals surface area contributed by atoms with E-state index in [0.717, 1.165) is 31.4 Å². The predicted molar refractivity (Wildman–Crippen MR) is 62.0 cm³/mol. The number of hydrogen-bond acceptors (Lipinski definition) is 4. The highest BCUT2D eigenvalue weighted by Gasteiger charge is 2.19. The van der Waals surface area contributed by atoms with Crippen LogP contribution < -0.4 is 5.32 Å². The maximum Gasteiger partial charge on any atom is 0.0795 e. The van der Waals surface area contributed by atoms with Crippen LogP contribution in [0.15, 0.2) is 10.9 Å².